The van der Waals surface area contributed by atoms with Crippen molar-refractivity contribution in [3.8, 4) is 0 Å². The quantitative estimate of drug-likeness (QED) is 0.842. The van der Waals surface area contributed by atoms with Gasteiger partial charge in [0, 0.05) is 31.1 Å². The molecule has 1 aliphatic rings. The minimum Gasteiger partial charge on any atom is -0.333 e. The average Bonchev–Trinajstić information content (AvgIpc) is 2.80. The van der Waals surface area contributed by atoms with E-state index in [1.807, 2.05) is 22.4 Å². The Labute approximate surface area is 99.9 Å². The Morgan fingerprint density at radius 3 is 2.81 bits per heavy atom. The fourth-order valence-corrected chi connectivity index (χ4v) is 2.34. The second kappa shape index (κ2) is 5.32. The number of rotatable bonds is 2. The van der Waals surface area contributed by atoms with Gasteiger partial charge in [-0.3, -0.25) is 0 Å². The number of carbonyl (C=O) groups excluding carboxylic acids is 1. The van der Waals surface area contributed by atoms with Crippen LogP contribution in [0.5, 0.6) is 0 Å². The fraction of sp³-hybridized carbons (Fsp3) is 0.545. The Hall–Kier alpha value is -1.07. The van der Waals surface area contributed by atoms with Gasteiger partial charge < -0.3 is 15.1 Å². The lowest BCUT2D eigenvalue weighted by Crippen LogP contribution is -2.50. The summed E-state index contributed by atoms with van der Waals surface area (Å²) >= 11 is 1.67. The van der Waals surface area contributed by atoms with Gasteiger partial charge in [0.05, 0.1) is 6.54 Å². The van der Waals surface area contributed by atoms with Crippen molar-refractivity contribution in [3.05, 3.63) is 22.4 Å². The van der Waals surface area contributed by atoms with Gasteiger partial charge in [-0.05, 0) is 18.5 Å². The van der Waals surface area contributed by atoms with E-state index in [0.29, 0.717) is 6.54 Å². The zero-order chi connectivity index (χ0) is 11.4. The Kier molecular flexibility index (Phi) is 3.79. The summed E-state index contributed by atoms with van der Waals surface area (Å²) in [5, 5.41) is 4.97. The number of amides is 2. The molecule has 1 N–H and O–H groups in total. The Morgan fingerprint density at radius 1 is 1.44 bits per heavy atom. The molecular weight excluding hydrogens is 222 g/mol. The van der Waals surface area contributed by atoms with Crippen molar-refractivity contribution in [2.24, 2.45) is 0 Å². The average molecular weight is 239 g/mol. The Balaban J connectivity index is 1.75. The zero-order valence-corrected chi connectivity index (χ0v) is 10.3. The molecule has 0 unspecified atom stereocenters. The molecule has 1 aromatic heterocycles. The van der Waals surface area contributed by atoms with Crippen LogP contribution < -0.4 is 5.32 Å². The standard InChI is InChI=1S/C11H17N3OS/c1-13-4-6-14(7-5-13)11(15)12-9-10-3-2-8-16-10/h2-3,8H,4-7,9H2,1H3,(H,12,15). The molecule has 1 aromatic rings. The van der Waals surface area contributed by atoms with Crippen LogP contribution in [0.25, 0.3) is 0 Å². The third-order valence-electron chi connectivity index (χ3n) is 2.78. The van der Waals surface area contributed by atoms with Crippen molar-refractivity contribution in [2.75, 3.05) is 33.2 Å². The molecule has 0 saturated carbocycles. The van der Waals surface area contributed by atoms with Crippen LogP contribution in [0.2, 0.25) is 0 Å². The van der Waals surface area contributed by atoms with Crippen LogP contribution in [0, 0.1) is 0 Å². The highest BCUT2D eigenvalue weighted by Crippen LogP contribution is 2.08. The molecule has 2 heterocycles. The van der Waals surface area contributed by atoms with E-state index in [9.17, 15) is 4.79 Å². The smallest absolute Gasteiger partial charge is 0.317 e. The summed E-state index contributed by atoms with van der Waals surface area (Å²) in [7, 11) is 2.08. The van der Waals surface area contributed by atoms with Gasteiger partial charge in [0.1, 0.15) is 0 Å². The lowest BCUT2D eigenvalue weighted by Gasteiger charge is -2.32. The van der Waals surface area contributed by atoms with Crippen molar-refractivity contribution in [1.82, 2.24) is 15.1 Å². The number of carbonyl (C=O) groups is 1. The molecule has 5 heteroatoms. The zero-order valence-electron chi connectivity index (χ0n) is 9.48. The summed E-state index contributed by atoms with van der Waals surface area (Å²) < 4.78 is 0. The van der Waals surface area contributed by atoms with Crippen LogP contribution in [0.1, 0.15) is 4.88 Å². The number of thiophene rings is 1. The monoisotopic (exact) mass is 239 g/mol. The Bertz CT molecular complexity index is 331. The molecular formula is C11H17N3OS. The first kappa shape index (κ1) is 11.4. The maximum absolute atomic E-state index is 11.8. The van der Waals surface area contributed by atoms with E-state index in [0.717, 1.165) is 26.2 Å². The van der Waals surface area contributed by atoms with Gasteiger partial charge in [-0.25, -0.2) is 4.79 Å². The van der Waals surface area contributed by atoms with Crippen LogP contribution in [0.3, 0.4) is 0 Å². The third-order valence-corrected chi connectivity index (χ3v) is 3.66. The van der Waals surface area contributed by atoms with Gasteiger partial charge in [0.25, 0.3) is 0 Å². The molecule has 0 radical (unpaired) electrons. The van der Waals surface area contributed by atoms with Crippen molar-refractivity contribution >= 4 is 17.4 Å². The topological polar surface area (TPSA) is 35.6 Å². The normalized spacial score (nSPS) is 17.4. The predicted molar refractivity (Wildman–Crippen MR) is 65.6 cm³/mol. The van der Waals surface area contributed by atoms with E-state index < -0.39 is 0 Å². The highest BCUT2D eigenvalue weighted by Gasteiger charge is 2.18. The molecule has 0 aliphatic carbocycles. The molecule has 16 heavy (non-hydrogen) atoms. The van der Waals surface area contributed by atoms with Crippen LogP contribution in [-0.2, 0) is 6.54 Å². The SMILES string of the molecule is CN1CCN(C(=O)NCc2cccs2)CC1. The predicted octanol–water partition coefficient (Wildman–Crippen LogP) is 1.21. The van der Waals surface area contributed by atoms with Crippen molar-refractivity contribution in [1.29, 1.82) is 0 Å². The number of likely N-dealkylation sites (N-methyl/N-ethyl adjacent to an activating group) is 1. The molecule has 88 valence electrons. The molecule has 2 rings (SSSR count). The summed E-state index contributed by atoms with van der Waals surface area (Å²) in [4.78, 5) is 17.1. The van der Waals surface area contributed by atoms with Gasteiger partial charge in [-0.15, -0.1) is 11.3 Å². The fourth-order valence-electron chi connectivity index (χ4n) is 1.70. The molecule has 1 saturated heterocycles. The minimum absolute atomic E-state index is 0.0569. The number of nitrogens with zero attached hydrogens (tertiary/aromatic N) is 2. The van der Waals surface area contributed by atoms with Crippen LogP contribution in [0.15, 0.2) is 17.5 Å². The van der Waals surface area contributed by atoms with E-state index in [2.05, 4.69) is 17.3 Å². The summed E-state index contributed by atoms with van der Waals surface area (Å²) in [5.41, 5.74) is 0. The molecule has 4 nitrogen and oxygen atoms in total. The molecule has 1 aliphatic heterocycles. The largest absolute Gasteiger partial charge is 0.333 e. The van der Waals surface area contributed by atoms with Gasteiger partial charge in [0.15, 0.2) is 0 Å². The second-order valence-corrected chi connectivity index (χ2v) is 5.06. The van der Waals surface area contributed by atoms with E-state index in [1.54, 1.807) is 11.3 Å². The maximum Gasteiger partial charge on any atom is 0.317 e. The van der Waals surface area contributed by atoms with Gasteiger partial charge in [-0.2, -0.15) is 0 Å². The van der Waals surface area contributed by atoms with Crippen molar-refractivity contribution in [2.45, 2.75) is 6.54 Å². The Morgan fingerprint density at radius 2 is 2.19 bits per heavy atom. The molecule has 0 aromatic carbocycles. The van der Waals surface area contributed by atoms with Gasteiger partial charge in [0.2, 0.25) is 0 Å². The van der Waals surface area contributed by atoms with Crippen LogP contribution in [0.4, 0.5) is 4.79 Å². The minimum atomic E-state index is 0.0569. The molecule has 2 amide bonds. The number of hydrogen-bond acceptors (Lipinski definition) is 3. The second-order valence-electron chi connectivity index (χ2n) is 4.03. The lowest BCUT2D eigenvalue weighted by atomic mass is 10.3. The number of nitrogens with one attached hydrogen (secondary N) is 1. The molecule has 0 atom stereocenters. The van der Waals surface area contributed by atoms with Crippen LogP contribution >= 0.6 is 11.3 Å². The highest BCUT2D eigenvalue weighted by atomic mass is 32.1. The number of hydrogen-bond donors (Lipinski definition) is 1. The first-order valence-corrected chi connectivity index (χ1v) is 6.37. The number of urea groups is 1. The first-order valence-electron chi connectivity index (χ1n) is 5.49. The summed E-state index contributed by atoms with van der Waals surface area (Å²) in [6.07, 6.45) is 0. The molecule has 1 fully saturated rings. The van der Waals surface area contributed by atoms with E-state index in [4.69, 9.17) is 0 Å². The third kappa shape index (κ3) is 2.96. The summed E-state index contributed by atoms with van der Waals surface area (Å²) in [6, 6.07) is 4.10. The van der Waals surface area contributed by atoms with Gasteiger partial charge >= 0.3 is 6.03 Å². The van der Waals surface area contributed by atoms with Gasteiger partial charge in [-0.1, -0.05) is 6.07 Å². The van der Waals surface area contributed by atoms with E-state index in [-0.39, 0.29) is 6.03 Å². The van der Waals surface area contributed by atoms with Crippen molar-refractivity contribution in [3.63, 3.8) is 0 Å². The molecule has 0 spiro atoms. The first-order chi connectivity index (χ1) is 7.75. The lowest BCUT2D eigenvalue weighted by molar-refractivity contribution is 0.154. The van der Waals surface area contributed by atoms with Crippen LogP contribution in [-0.4, -0.2) is 49.1 Å². The summed E-state index contributed by atoms with van der Waals surface area (Å²) in [5.74, 6) is 0. The van der Waals surface area contributed by atoms with E-state index in [1.165, 1.54) is 4.88 Å². The van der Waals surface area contributed by atoms with Crippen molar-refractivity contribution < 1.29 is 4.79 Å². The summed E-state index contributed by atoms with van der Waals surface area (Å²) in [6.45, 7) is 4.22. The maximum atomic E-state index is 11.8. The highest BCUT2D eigenvalue weighted by molar-refractivity contribution is 7.09. The number of piperazine rings is 1. The molecule has 0 bridgehead atoms. The van der Waals surface area contributed by atoms with E-state index >= 15 is 0 Å².